The molecule has 20 heavy (non-hydrogen) atoms. The lowest BCUT2D eigenvalue weighted by Gasteiger charge is -2.19. The molecule has 1 N–H and O–H groups in total. The Hall–Kier alpha value is -1.95. The van der Waals surface area contributed by atoms with Crippen molar-refractivity contribution in [2.45, 2.75) is 25.4 Å². The predicted molar refractivity (Wildman–Crippen MR) is 70.7 cm³/mol. The molecule has 0 spiro atoms. The summed E-state index contributed by atoms with van der Waals surface area (Å²) in [6, 6.07) is 3.80. The van der Waals surface area contributed by atoms with Gasteiger partial charge in [0.2, 0.25) is 11.8 Å². The van der Waals surface area contributed by atoms with Crippen LogP contribution in [0.2, 0.25) is 0 Å². The number of hydrogen-bond acceptors (Lipinski definition) is 4. The molecular weight excluding hydrogens is 263 g/mol. The van der Waals surface area contributed by atoms with Crippen LogP contribution in [0, 0.1) is 5.82 Å². The van der Waals surface area contributed by atoms with Crippen molar-refractivity contribution >= 4 is 11.8 Å². The number of amides is 2. The minimum Gasteiger partial charge on any atom is -0.494 e. The Labute approximate surface area is 116 Å². The first-order valence-corrected chi connectivity index (χ1v) is 6.34. The molecule has 1 aliphatic rings. The van der Waals surface area contributed by atoms with E-state index >= 15 is 0 Å². The average molecular weight is 280 g/mol. The second-order valence-electron chi connectivity index (χ2n) is 4.83. The van der Waals surface area contributed by atoms with Crippen LogP contribution in [0.25, 0.3) is 0 Å². The van der Waals surface area contributed by atoms with Crippen LogP contribution in [-0.4, -0.2) is 36.9 Å². The quantitative estimate of drug-likeness (QED) is 0.843. The summed E-state index contributed by atoms with van der Waals surface area (Å²) in [7, 11) is 2.87. The molecule has 2 atom stereocenters. The molecule has 2 amide bonds. The maximum absolute atomic E-state index is 13.4. The van der Waals surface area contributed by atoms with Gasteiger partial charge in [-0.2, -0.15) is 0 Å². The molecule has 108 valence electrons. The highest BCUT2D eigenvalue weighted by atomic mass is 19.1. The van der Waals surface area contributed by atoms with Crippen LogP contribution in [0.1, 0.15) is 24.9 Å². The van der Waals surface area contributed by atoms with Gasteiger partial charge < -0.3 is 4.74 Å². The molecular formula is C14H17FN2O3. The number of rotatable bonds is 4. The number of likely N-dealkylation sites (tertiary alicyclic amines) is 1. The molecule has 0 radical (unpaired) electrons. The van der Waals surface area contributed by atoms with Gasteiger partial charge in [0.05, 0.1) is 19.6 Å². The first-order chi connectivity index (χ1) is 9.43. The molecule has 0 aromatic heterocycles. The molecule has 1 aromatic rings. The molecule has 1 aromatic carbocycles. The zero-order valence-electron chi connectivity index (χ0n) is 11.6. The van der Waals surface area contributed by atoms with Crippen molar-refractivity contribution < 1.29 is 18.7 Å². The summed E-state index contributed by atoms with van der Waals surface area (Å²) >= 11 is 0. The molecule has 1 aliphatic heterocycles. The standard InChI is InChI=1S/C14H17FN2O3/c1-8(9-4-5-10(15)12(6-9)20-3)16-11-7-13(18)17(2)14(11)19/h4-6,8,11,16H,7H2,1-3H3. The smallest absolute Gasteiger partial charge is 0.246 e. The SMILES string of the molecule is COc1cc(C(C)NC2CC(=O)N(C)C2=O)ccc1F. The van der Waals surface area contributed by atoms with Crippen molar-refractivity contribution in [2.24, 2.45) is 0 Å². The number of hydrogen-bond donors (Lipinski definition) is 1. The van der Waals surface area contributed by atoms with Gasteiger partial charge in [-0.25, -0.2) is 4.39 Å². The highest BCUT2D eigenvalue weighted by molar-refractivity contribution is 6.05. The summed E-state index contributed by atoms with van der Waals surface area (Å²) in [5, 5.41) is 3.09. The number of carbonyl (C=O) groups is 2. The van der Waals surface area contributed by atoms with E-state index in [1.165, 1.54) is 20.2 Å². The molecule has 1 saturated heterocycles. The van der Waals surface area contributed by atoms with Gasteiger partial charge in [-0.1, -0.05) is 6.07 Å². The lowest BCUT2D eigenvalue weighted by Crippen LogP contribution is -2.38. The van der Waals surface area contributed by atoms with E-state index in [2.05, 4.69) is 5.32 Å². The number of nitrogens with zero attached hydrogens (tertiary/aromatic N) is 1. The van der Waals surface area contributed by atoms with Crippen LogP contribution in [-0.2, 0) is 9.59 Å². The first kappa shape index (κ1) is 14.5. The van der Waals surface area contributed by atoms with Crippen LogP contribution < -0.4 is 10.1 Å². The predicted octanol–water partition coefficient (Wildman–Crippen LogP) is 1.24. The van der Waals surface area contributed by atoms with Crippen LogP contribution >= 0.6 is 0 Å². The molecule has 5 nitrogen and oxygen atoms in total. The number of benzene rings is 1. The lowest BCUT2D eigenvalue weighted by molar-refractivity contribution is -0.137. The Balaban J connectivity index is 2.11. The van der Waals surface area contributed by atoms with Gasteiger partial charge in [0.25, 0.3) is 0 Å². The van der Waals surface area contributed by atoms with Crippen LogP contribution in [0.3, 0.4) is 0 Å². The first-order valence-electron chi connectivity index (χ1n) is 6.34. The molecule has 0 aliphatic carbocycles. The Morgan fingerprint density at radius 2 is 2.15 bits per heavy atom. The second kappa shape index (κ2) is 5.58. The van der Waals surface area contributed by atoms with Crippen molar-refractivity contribution in [1.29, 1.82) is 0 Å². The van der Waals surface area contributed by atoms with Crippen molar-refractivity contribution in [1.82, 2.24) is 10.2 Å². The van der Waals surface area contributed by atoms with E-state index in [0.29, 0.717) is 0 Å². The number of carbonyl (C=O) groups excluding carboxylic acids is 2. The monoisotopic (exact) mass is 280 g/mol. The van der Waals surface area contributed by atoms with E-state index in [4.69, 9.17) is 4.74 Å². The van der Waals surface area contributed by atoms with Gasteiger partial charge >= 0.3 is 0 Å². The summed E-state index contributed by atoms with van der Waals surface area (Å²) in [6.07, 6.45) is 0.151. The molecule has 0 bridgehead atoms. The third kappa shape index (κ3) is 2.65. The van der Waals surface area contributed by atoms with Gasteiger partial charge in [0.15, 0.2) is 11.6 Å². The summed E-state index contributed by atoms with van der Waals surface area (Å²) in [5.41, 5.74) is 0.790. The largest absolute Gasteiger partial charge is 0.494 e. The minimum atomic E-state index is -0.529. The minimum absolute atomic E-state index is 0.151. The van der Waals surface area contributed by atoms with E-state index in [1.54, 1.807) is 12.1 Å². The third-order valence-corrected chi connectivity index (χ3v) is 3.51. The molecule has 0 saturated carbocycles. The zero-order chi connectivity index (χ0) is 14.9. The number of likely N-dealkylation sites (N-methyl/N-ethyl adjacent to an activating group) is 1. The lowest BCUT2D eigenvalue weighted by atomic mass is 10.1. The molecule has 6 heteroatoms. The topological polar surface area (TPSA) is 58.6 Å². The fraction of sp³-hybridized carbons (Fsp3) is 0.429. The van der Waals surface area contributed by atoms with E-state index in [9.17, 15) is 14.0 Å². The molecule has 1 fully saturated rings. The molecule has 2 unspecified atom stereocenters. The van der Waals surface area contributed by atoms with Gasteiger partial charge in [0.1, 0.15) is 0 Å². The number of nitrogens with one attached hydrogen (secondary N) is 1. The van der Waals surface area contributed by atoms with Gasteiger partial charge in [-0.3, -0.25) is 19.8 Å². The van der Waals surface area contributed by atoms with Crippen molar-refractivity contribution in [2.75, 3.05) is 14.2 Å². The maximum Gasteiger partial charge on any atom is 0.246 e. The molecule has 2 rings (SSSR count). The zero-order valence-corrected chi connectivity index (χ0v) is 11.6. The molecule has 1 heterocycles. The van der Waals surface area contributed by atoms with Crippen molar-refractivity contribution in [3.05, 3.63) is 29.6 Å². The van der Waals surface area contributed by atoms with Gasteiger partial charge in [-0.15, -0.1) is 0 Å². The number of methoxy groups -OCH3 is 1. The number of imide groups is 1. The fourth-order valence-corrected chi connectivity index (χ4v) is 2.23. The second-order valence-corrected chi connectivity index (χ2v) is 4.83. The Kier molecular flexibility index (Phi) is 4.04. The van der Waals surface area contributed by atoms with Gasteiger partial charge in [-0.05, 0) is 24.6 Å². The van der Waals surface area contributed by atoms with Crippen molar-refractivity contribution in [3.8, 4) is 5.75 Å². The van der Waals surface area contributed by atoms with Gasteiger partial charge in [0, 0.05) is 13.1 Å². The Morgan fingerprint density at radius 3 is 2.70 bits per heavy atom. The van der Waals surface area contributed by atoms with E-state index < -0.39 is 11.9 Å². The maximum atomic E-state index is 13.4. The summed E-state index contributed by atoms with van der Waals surface area (Å²) < 4.78 is 18.3. The average Bonchev–Trinajstić information content (AvgIpc) is 2.66. The van der Waals surface area contributed by atoms with E-state index in [1.807, 2.05) is 6.92 Å². The van der Waals surface area contributed by atoms with Crippen LogP contribution in [0.4, 0.5) is 4.39 Å². The Morgan fingerprint density at radius 1 is 1.45 bits per heavy atom. The third-order valence-electron chi connectivity index (χ3n) is 3.51. The summed E-state index contributed by atoms with van der Waals surface area (Å²) in [4.78, 5) is 24.4. The fourth-order valence-electron chi connectivity index (χ4n) is 2.23. The highest BCUT2D eigenvalue weighted by Crippen LogP contribution is 2.24. The van der Waals surface area contributed by atoms with Crippen LogP contribution in [0.15, 0.2) is 18.2 Å². The number of ether oxygens (including phenoxy) is 1. The van der Waals surface area contributed by atoms with Crippen molar-refractivity contribution in [3.63, 3.8) is 0 Å². The highest BCUT2D eigenvalue weighted by Gasteiger charge is 2.36. The Bertz CT molecular complexity index is 547. The van der Waals surface area contributed by atoms with Crippen LogP contribution in [0.5, 0.6) is 5.75 Å². The summed E-state index contributed by atoms with van der Waals surface area (Å²) in [5.74, 6) is -0.718. The normalized spacial score (nSPS) is 20.4. The number of halogens is 1. The van der Waals surface area contributed by atoms with E-state index in [-0.39, 0.29) is 30.0 Å². The summed E-state index contributed by atoms with van der Waals surface area (Å²) in [6.45, 7) is 1.85. The van der Waals surface area contributed by atoms with E-state index in [0.717, 1.165) is 10.5 Å².